The summed E-state index contributed by atoms with van der Waals surface area (Å²) in [4.78, 5) is 26.8. The number of hydrogen-bond acceptors (Lipinski definition) is 5. The van der Waals surface area contributed by atoms with Gasteiger partial charge < -0.3 is 20.3 Å². The SMILES string of the molecule is CN1CC(C)(C)C[C@H]1C(=O)N[C@H]1C[C@H](Oc2ccc(C(=O)O)cc2-c2cccc(F)c2C2CCC2)C[C@H]1O. The van der Waals surface area contributed by atoms with Crippen molar-refractivity contribution in [3.63, 3.8) is 0 Å². The lowest BCUT2D eigenvalue weighted by Crippen LogP contribution is -2.48. The highest BCUT2D eigenvalue weighted by molar-refractivity contribution is 5.91. The Balaban J connectivity index is 1.36. The Labute approximate surface area is 223 Å². The minimum Gasteiger partial charge on any atom is -0.490 e. The van der Waals surface area contributed by atoms with Gasteiger partial charge in [0.2, 0.25) is 5.91 Å². The number of halogens is 1. The fraction of sp³-hybridized carbons (Fsp3) is 0.533. The first-order chi connectivity index (χ1) is 18.0. The molecule has 2 saturated carbocycles. The van der Waals surface area contributed by atoms with Crippen LogP contribution in [0.15, 0.2) is 36.4 Å². The molecule has 3 N–H and O–H groups in total. The first-order valence-electron chi connectivity index (χ1n) is 13.5. The van der Waals surface area contributed by atoms with Gasteiger partial charge >= 0.3 is 5.97 Å². The molecule has 2 aromatic carbocycles. The molecule has 2 aromatic rings. The van der Waals surface area contributed by atoms with Gasteiger partial charge in [-0.3, -0.25) is 9.69 Å². The van der Waals surface area contributed by atoms with Crippen LogP contribution >= 0.6 is 0 Å². The third kappa shape index (κ3) is 5.29. The summed E-state index contributed by atoms with van der Waals surface area (Å²) in [6, 6.07) is 8.86. The van der Waals surface area contributed by atoms with Crippen LogP contribution in [0.1, 0.15) is 74.2 Å². The highest BCUT2D eigenvalue weighted by atomic mass is 19.1. The number of nitrogens with one attached hydrogen (secondary N) is 1. The largest absolute Gasteiger partial charge is 0.490 e. The van der Waals surface area contributed by atoms with E-state index in [9.17, 15) is 24.2 Å². The maximum absolute atomic E-state index is 15.0. The summed E-state index contributed by atoms with van der Waals surface area (Å²) in [7, 11) is 1.95. The van der Waals surface area contributed by atoms with Crippen molar-refractivity contribution >= 4 is 11.9 Å². The first-order valence-corrected chi connectivity index (χ1v) is 13.5. The molecule has 0 unspecified atom stereocenters. The maximum Gasteiger partial charge on any atom is 0.335 e. The van der Waals surface area contributed by atoms with Gasteiger partial charge in [-0.1, -0.05) is 32.4 Å². The molecule has 0 radical (unpaired) electrons. The summed E-state index contributed by atoms with van der Waals surface area (Å²) in [6.07, 6.45) is 3.19. The number of carbonyl (C=O) groups excluding carboxylic acids is 1. The van der Waals surface area contributed by atoms with Crippen molar-refractivity contribution in [3.8, 4) is 16.9 Å². The van der Waals surface area contributed by atoms with Gasteiger partial charge in [0, 0.05) is 24.9 Å². The van der Waals surface area contributed by atoms with Crippen molar-refractivity contribution in [1.82, 2.24) is 10.2 Å². The van der Waals surface area contributed by atoms with Crippen LogP contribution < -0.4 is 10.1 Å². The maximum atomic E-state index is 15.0. The smallest absolute Gasteiger partial charge is 0.335 e. The summed E-state index contributed by atoms with van der Waals surface area (Å²) < 4.78 is 21.3. The fourth-order valence-corrected chi connectivity index (χ4v) is 6.36. The van der Waals surface area contributed by atoms with Gasteiger partial charge in [-0.05, 0) is 73.0 Å². The Morgan fingerprint density at radius 1 is 1.13 bits per heavy atom. The van der Waals surface area contributed by atoms with Crippen LogP contribution in [0.2, 0.25) is 0 Å². The lowest BCUT2D eigenvalue weighted by Gasteiger charge is -2.29. The molecule has 1 saturated heterocycles. The zero-order chi connectivity index (χ0) is 27.2. The molecule has 204 valence electrons. The molecule has 3 aliphatic rings. The summed E-state index contributed by atoms with van der Waals surface area (Å²) >= 11 is 0. The molecule has 0 aromatic heterocycles. The number of nitrogens with zero attached hydrogens (tertiary/aromatic N) is 1. The first kappa shape index (κ1) is 26.6. The van der Waals surface area contributed by atoms with E-state index in [-0.39, 0.29) is 40.8 Å². The molecular weight excluding hydrogens is 487 g/mol. The van der Waals surface area contributed by atoms with Crippen molar-refractivity contribution in [2.24, 2.45) is 5.41 Å². The number of aliphatic hydroxyl groups is 1. The third-order valence-electron chi connectivity index (χ3n) is 8.45. The van der Waals surface area contributed by atoms with E-state index < -0.39 is 18.1 Å². The van der Waals surface area contributed by atoms with Gasteiger partial charge in [-0.2, -0.15) is 0 Å². The number of benzene rings is 2. The number of rotatable bonds is 7. The van der Waals surface area contributed by atoms with Crippen LogP contribution in [0, 0.1) is 11.2 Å². The van der Waals surface area contributed by atoms with Gasteiger partial charge in [-0.15, -0.1) is 0 Å². The van der Waals surface area contributed by atoms with E-state index in [0.29, 0.717) is 35.3 Å². The van der Waals surface area contributed by atoms with Gasteiger partial charge in [0.25, 0.3) is 0 Å². The van der Waals surface area contributed by atoms with Crippen LogP contribution in [0.4, 0.5) is 4.39 Å². The Kier molecular flexibility index (Phi) is 7.22. The molecule has 3 fully saturated rings. The Bertz CT molecular complexity index is 1230. The second-order valence-corrected chi connectivity index (χ2v) is 12.0. The molecule has 0 bridgehead atoms. The molecule has 1 aliphatic heterocycles. The number of ether oxygens (including phenoxy) is 1. The quantitative estimate of drug-likeness (QED) is 0.491. The molecule has 5 rings (SSSR count). The third-order valence-corrected chi connectivity index (χ3v) is 8.45. The van der Waals surface area contributed by atoms with Crippen molar-refractivity contribution < 1.29 is 28.9 Å². The molecule has 4 atom stereocenters. The number of hydrogen-bond donors (Lipinski definition) is 3. The lowest BCUT2D eigenvalue weighted by molar-refractivity contribution is -0.126. The van der Waals surface area contributed by atoms with Crippen LogP contribution in [-0.2, 0) is 4.79 Å². The highest BCUT2D eigenvalue weighted by Gasteiger charge is 2.42. The van der Waals surface area contributed by atoms with Crippen LogP contribution in [0.5, 0.6) is 5.75 Å². The summed E-state index contributed by atoms with van der Waals surface area (Å²) in [6.45, 7) is 5.13. The van der Waals surface area contributed by atoms with Gasteiger partial charge in [-0.25, -0.2) is 9.18 Å². The Morgan fingerprint density at radius 2 is 1.89 bits per heavy atom. The number of carbonyl (C=O) groups is 2. The van der Waals surface area contributed by atoms with Crippen LogP contribution in [0.25, 0.3) is 11.1 Å². The summed E-state index contributed by atoms with van der Waals surface area (Å²) in [5, 5.41) is 23.4. The standard InChI is InChI=1S/C30H37FN2O5/c1-30(2)15-24(33(3)16-30)28(35)32-23-13-19(14-25(23)34)38-26-11-10-18(29(36)37)12-21(26)20-8-5-9-22(31)27(20)17-6-4-7-17/h5,8-12,17,19,23-25,34H,4,6-7,13-16H2,1-3H3,(H,32,35)(H,36,37)/t19-,23-,24-,25+/m0/s1. The molecule has 1 amide bonds. The fourth-order valence-electron chi connectivity index (χ4n) is 6.36. The zero-order valence-electron chi connectivity index (χ0n) is 22.2. The van der Waals surface area contributed by atoms with Crippen LogP contribution in [0.3, 0.4) is 0 Å². The van der Waals surface area contributed by atoms with Crippen LogP contribution in [-0.4, -0.2) is 64.9 Å². The van der Waals surface area contributed by atoms with E-state index in [4.69, 9.17) is 4.74 Å². The molecule has 38 heavy (non-hydrogen) atoms. The Hall–Kier alpha value is -2.97. The minimum absolute atomic E-state index is 0.0600. The van der Waals surface area contributed by atoms with E-state index in [1.165, 1.54) is 18.2 Å². The lowest BCUT2D eigenvalue weighted by atomic mass is 9.76. The number of likely N-dealkylation sites (N-methyl/N-ethyl adjacent to an activating group) is 1. The van der Waals surface area contributed by atoms with Crippen molar-refractivity contribution in [1.29, 1.82) is 0 Å². The predicted molar refractivity (Wildman–Crippen MR) is 142 cm³/mol. The highest BCUT2D eigenvalue weighted by Crippen LogP contribution is 2.45. The number of likely N-dealkylation sites (tertiary alicyclic amines) is 1. The topological polar surface area (TPSA) is 99.1 Å². The molecular formula is C30H37FN2O5. The van der Waals surface area contributed by atoms with E-state index in [1.807, 2.05) is 13.1 Å². The van der Waals surface area contributed by atoms with Gasteiger partial charge in [0.1, 0.15) is 17.7 Å². The number of aromatic carboxylic acids is 1. The van der Waals surface area contributed by atoms with Crippen molar-refractivity contribution in [2.75, 3.05) is 13.6 Å². The molecule has 1 heterocycles. The number of carboxylic acid groups (broad SMARTS) is 1. The minimum atomic E-state index is -1.07. The Morgan fingerprint density at radius 3 is 2.53 bits per heavy atom. The molecule has 7 nitrogen and oxygen atoms in total. The van der Waals surface area contributed by atoms with Gasteiger partial charge in [0.15, 0.2) is 0 Å². The molecule has 0 spiro atoms. The normalized spacial score (nSPS) is 27.2. The van der Waals surface area contributed by atoms with Gasteiger partial charge in [0.05, 0.1) is 23.8 Å². The van der Waals surface area contributed by atoms with Crippen molar-refractivity contribution in [3.05, 3.63) is 53.3 Å². The van der Waals surface area contributed by atoms with E-state index >= 15 is 0 Å². The summed E-state index contributed by atoms with van der Waals surface area (Å²) in [5.74, 6) is -0.905. The number of carboxylic acids is 1. The second-order valence-electron chi connectivity index (χ2n) is 12.0. The predicted octanol–water partition coefficient (Wildman–Crippen LogP) is 4.58. The monoisotopic (exact) mass is 524 g/mol. The molecule has 8 heteroatoms. The molecule has 2 aliphatic carbocycles. The zero-order valence-corrected chi connectivity index (χ0v) is 22.2. The average molecular weight is 525 g/mol. The summed E-state index contributed by atoms with van der Waals surface area (Å²) in [5.41, 5.74) is 1.93. The van der Waals surface area contributed by atoms with E-state index in [0.717, 1.165) is 32.2 Å². The van der Waals surface area contributed by atoms with Crippen molar-refractivity contribution in [2.45, 2.75) is 82.6 Å². The number of amides is 1. The average Bonchev–Trinajstić information content (AvgIpc) is 3.30. The number of aliphatic hydroxyl groups excluding tert-OH is 1. The van der Waals surface area contributed by atoms with E-state index in [1.54, 1.807) is 12.1 Å². The van der Waals surface area contributed by atoms with E-state index in [2.05, 4.69) is 24.1 Å². The second kappa shape index (κ2) is 10.3.